The summed E-state index contributed by atoms with van der Waals surface area (Å²) in [7, 11) is 0. The van der Waals surface area contributed by atoms with Crippen molar-refractivity contribution in [3.63, 3.8) is 0 Å². The van der Waals surface area contributed by atoms with Gasteiger partial charge in [0.1, 0.15) is 17.2 Å². The lowest BCUT2D eigenvalue weighted by Crippen LogP contribution is -2.32. The molecule has 0 spiro atoms. The molecule has 2 aliphatic heterocycles. The van der Waals surface area contributed by atoms with Crippen LogP contribution in [0.3, 0.4) is 0 Å². The summed E-state index contributed by atoms with van der Waals surface area (Å²) in [6.45, 7) is 5.71. The van der Waals surface area contributed by atoms with Crippen LogP contribution in [-0.4, -0.2) is 57.1 Å². The van der Waals surface area contributed by atoms with E-state index in [2.05, 4.69) is 6.92 Å². The van der Waals surface area contributed by atoms with Crippen molar-refractivity contribution in [2.45, 2.75) is 70.5 Å². The zero-order valence-electron chi connectivity index (χ0n) is 32.2. The van der Waals surface area contributed by atoms with Gasteiger partial charge in [0, 0.05) is 36.7 Å². The van der Waals surface area contributed by atoms with E-state index < -0.39 is 5.97 Å². The minimum Gasteiger partial charge on any atom is -0.493 e. The number of esters is 1. The predicted octanol–water partition coefficient (Wildman–Crippen LogP) is 10.6. The van der Waals surface area contributed by atoms with Crippen LogP contribution < -0.4 is 19.1 Å². The van der Waals surface area contributed by atoms with Gasteiger partial charge in [-0.1, -0.05) is 93.6 Å². The van der Waals surface area contributed by atoms with Crippen molar-refractivity contribution in [3.8, 4) is 39.5 Å². The molecule has 2 unspecified atom stereocenters. The SMILES string of the molecule is CCCCCCCCN(C(=O)c1ccc(-c2ccc(OCCC3CO3)cc2)cc1)c1cccc(OC(=O)c2ccc(-c3ccc(OCCC4CO4)cc3)cc2)c1. The van der Waals surface area contributed by atoms with Gasteiger partial charge in [-0.15, -0.1) is 0 Å². The third-order valence-electron chi connectivity index (χ3n) is 10.2. The van der Waals surface area contributed by atoms with Gasteiger partial charge in [0.2, 0.25) is 0 Å². The second-order valence-corrected chi connectivity index (χ2v) is 14.5. The van der Waals surface area contributed by atoms with Crippen LogP contribution in [0.15, 0.2) is 121 Å². The number of unbranched alkanes of at least 4 members (excludes halogenated alkanes) is 5. The van der Waals surface area contributed by atoms with Crippen LogP contribution in [0.1, 0.15) is 79.0 Å². The summed E-state index contributed by atoms with van der Waals surface area (Å²) >= 11 is 0. The van der Waals surface area contributed by atoms with Gasteiger partial charge in [-0.25, -0.2) is 4.79 Å². The molecule has 0 radical (unpaired) electrons. The number of carbonyl (C=O) groups is 2. The lowest BCUT2D eigenvalue weighted by Gasteiger charge is -2.24. The summed E-state index contributed by atoms with van der Waals surface area (Å²) in [6.07, 6.45) is 9.15. The quantitative estimate of drug-likeness (QED) is 0.0319. The van der Waals surface area contributed by atoms with E-state index in [0.29, 0.717) is 54.5 Å². The summed E-state index contributed by atoms with van der Waals surface area (Å²) in [5.74, 6) is 1.47. The van der Waals surface area contributed by atoms with E-state index in [0.717, 1.165) is 79.1 Å². The Hall–Kier alpha value is -5.44. The van der Waals surface area contributed by atoms with E-state index in [9.17, 15) is 9.59 Å². The molecule has 2 saturated heterocycles. The first-order valence-electron chi connectivity index (χ1n) is 20.1. The first-order valence-corrected chi connectivity index (χ1v) is 20.1. The monoisotopic (exact) mass is 753 g/mol. The Kier molecular flexibility index (Phi) is 13.5. The van der Waals surface area contributed by atoms with Gasteiger partial charge in [-0.3, -0.25) is 4.79 Å². The van der Waals surface area contributed by atoms with Crippen LogP contribution in [0.2, 0.25) is 0 Å². The van der Waals surface area contributed by atoms with Crippen molar-refractivity contribution < 1.29 is 33.3 Å². The molecular formula is C48H51NO7. The molecule has 2 aliphatic rings. The van der Waals surface area contributed by atoms with Crippen LogP contribution in [0.25, 0.3) is 22.3 Å². The average molecular weight is 754 g/mol. The summed E-state index contributed by atoms with van der Waals surface area (Å²) in [5.41, 5.74) is 5.78. The fourth-order valence-corrected chi connectivity index (χ4v) is 6.61. The number of hydrogen-bond acceptors (Lipinski definition) is 7. The number of hydrogen-bond donors (Lipinski definition) is 0. The lowest BCUT2D eigenvalue weighted by atomic mass is 10.0. The number of nitrogens with zero attached hydrogens (tertiary/aromatic N) is 1. The zero-order valence-corrected chi connectivity index (χ0v) is 32.2. The van der Waals surface area contributed by atoms with Crippen LogP contribution in [0.5, 0.6) is 17.2 Å². The lowest BCUT2D eigenvalue weighted by molar-refractivity contribution is 0.0734. The molecule has 290 valence electrons. The molecule has 0 aromatic heterocycles. The number of benzene rings is 5. The molecule has 7 rings (SSSR count). The fourth-order valence-electron chi connectivity index (χ4n) is 6.61. The Balaban J connectivity index is 0.988. The number of amides is 1. The standard InChI is InChI=1S/C48H51NO7/c1-2-3-4-5-6-7-29-49(47(50)39-15-11-35(12-16-39)37-19-23-42(24-20-37)52-30-27-45-33-54-45)41-9-8-10-44(32-41)56-48(51)40-17-13-36(14-18-40)38-21-25-43(26-22-38)53-31-28-46-34-55-46/h8-26,32,45-46H,2-7,27-31,33-34H2,1H3. The molecule has 2 fully saturated rings. The topological polar surface area (TPSA) is 90.1 Å². The van der Waals surface area contributed by atoms with Gasteiger partial charge in [-0.2, -0.15) is 0 Å². The molecule has 8 nitrogen and oxygen atoms in total. The van der Waals surface area contributed by atoms with Gasteiger partial charge in [0.15, 0.2) is 0 Å². The highest BCUT2D eigenvalue weighted by Gasteiger charge is 2.23. The van der Waals surface area contributed by atoms with Crippen LogP contribution in [-0.2, 0) is 9.47 Å². The molecule has 1 amide bonds. The number of epoxide rings is 2. The van der Waals surface area contributed by atoms with E-state index in [-0.39, 0.29) is 5.91 Å². The zero-order chi connectivity index (χ0) is 38.5. The van der Waals surface area contributed by atoms with Gasteiger partial charge < -0.3 is 28.6 Å². The molecule has 0 saturated carbocycles. The van der Waals surface area contributed by atoms with Crippen molar-refractivity contribution in [2.24, 2.45) is 0 Å². The van der Waals surface area contributed by atoms with E-state index in [4.69, 9.17) is 23.7 Å². The van der Waals surface area contributed by atoms with Crippen LogP contribution in [0.4, 0.5) is 5.69 Å². The second-order valence-electron chi connectivity index (χ2n) is 14.5. The maximum absolute atomic E-state index is 14.1. The third-order valence-corrected chi connectivity index (χ3v) is 10.2. The Morgan fingerprint density at radius 3 is 1.59 bits per heavy atom. The number of ether oxygens (including phenoxy) is 5. The minimum atomic E-state index is -0.464. The van der Waals surface area contributed by atoms with Crippen LogP contribution in [0, 0.1) is 0 Å². The number of rotatable bonds is 21. The van der Waals surface area contributed by atoms with E-state index in [1.54, 1.807) is 29.2 Å². The highest BCUT2D eigenvalue weighted by atomic mass is 16.6. The summed E-state index contributed by atoms with van der Waals surface area (Å²) in [6, 6.07) is 38.3. The summed E-state index contributed by atoms with van der Waals surface area (Å²) in [4.78, 5) is 29.2. The average Bonchev–Trinajstić information content (AvgIpc) is 4.19. The van der Waals surface area contributed by atoms with Crippen LogP contribution >= 0.6 is 0 Å². The molecule has 8 heteroatoms. The van der Waals surface area contributed by atoms with E-state index in [1.807, 2.05) is 97.1 Å². The Bertz CT molecular complexity index is 2000. The highest BCUT2D eigenvalue weighted by molar-refractivity contribution is 6.06. The Morgan fingerprint density at radius 2 is 1.07 bits per heavy atom. The summed E-state index contributed by atoms with van der Waals surface area (Å²) in [5, 5.41) is 0. The number of anilines is 1. The van der Waals surface area contributed by atoms with Gasteiger partial charge >= 0.3 is 5.97 Å². The molecular weight excluding hydrogens is 703 g/mol. The molecule has 5 aromatic carbocycles. The van der Waals surface area contributed by atoms with Crippen molar-refractivity contribution in [2.75, 3.05) is 37.9 Å². The Morgan fingerprint density at radius 1 is 0.589 bits per heavy atom. The molecule has 0 N–H and O–H groups in total. The predicted molar refractivity (Wildman–Crippen MR) is 220 cm³/mol. The molecule has 5 aromatic rings. The second kappa shape index (κ2) is 19.4. The van der Waals surface area contributed by atoms with Gasteiger partial charge in [-0.05, 0) is 89.3 Å². The maximum atomic E-state index is 14.1. The Labute approximate surface area is 330 Å². The molecule has 0 aliphatic carbocycles. The first kappa shape index (κ1) is 38.8. The van der Waals surface area contributed by atoms with Crippen molar-refractivity contribution in [1.29, 1.82) is 0 Å². The van der Waals surface area contributed by atoms with Gasteiger partial charge in [0.25, 0.3) is 5.91 Å². The van der Waals surface area contributed by atoms with Gasteiger partial charge in [0.05, 0.1) is 44.2 Å². The largest absolute Gasteiger partial charge is 0.493 e. The number of carbonyl (C=O) groups excluding carboxylic acids is 2. The van der Waals surface area contributed by atoms with Crippen molar-refractivity contribution in [1.82, 2.24) is 0 Å². The molecule has 0 bridgehead atoms. The maximum Gasteiger partial charge on any atom is 0.343 e. The first-order chi connectivity index (χ1) is 27.5. The van der Waals surface area contributed by atoms with Crippen molar-refractivity contribution >= 4 is 17.6 Å². The third kappa shape index (κ3) is 11.3. The minimum absolute atomic E-state index is 0.0972. The molecule has 56 heavy (non-hydrogen) atoms. The highest BCUT2D eigenvalue weighted by Crippen LogP contribution is 2.28. The smallest absolute Gasteiger partial charge is 0.343 e. The summed E-state index contributed by atoms with van der Waals surface area (Å²) < 4.78 is 28.0. The normalized spacial score (nSPS) is 15.5. The molecule has 2 atom stereocenters. The fraction of sp³-hybridized carbons (Fsp3) is 0.333. The van der Waals surface area contributed by atoms with Crippen molar-refractivity contribution in [3.05, 3.63) is 132 Å². The van der Waals surface area contributed by atoms with E-state index in [1.165, 1.54) is 19.3 Å². The van der Waals surface area contributed by atoms with E-state index >= 15 is 0 Å². The molecule has 2 heterocycles.